The molecule has 1 aromatic carbocycles. The van der Waals surface area contributed by atoms with Crippen LogP contribution in [0.25, 0.3) is 0 Å². The summed E-state index contributed by atoms with van der Waals surface area (Å²) in [7, 11) is 0. The van der Waals surface area contributed by atoms with Gasteiger partial charge in [0.15, 0.2) is 0 Å². The lowest BCUT2D eigenvalue weighted by molar-refractivity contribution is -0.385. The van der Waals surface area contributed by atoms with Gasteiger partial charge in [-0.25, -0.2) is 0 Å². The Balaban J connectivity index is 3.28. The SMILES string of the molecule is [CH2]C(CO)c1cccc(Cl)c1[N+](=O)[O-]. The fraction of sp³-hybridized carbons (Fsp3) is 0.222. The lowest BCUT2D eigenvalue weighted by atomic mass is 10.0. The minimum absolute atomic E-state index is 0.0644. The molecular formula is C9H9ClNO3. The quantitative estimate of drug-likeness (QED) is 0.620. The van der Waals surface area contributed by atoms with Crippen LogP contribution in [-0.2, 0) is 0 Å². The molecule has 0 amide bonds. The van der Waals surface area contributed by atoms with Crippen molar-refractivity contribution in [3.63, 3.8) is 0 Å². The summed E-state index contributed by atoms with van der Waals surface area (Å²) in [6, 6.07) is 4.57. The molecule has 14 heavy (non-hydrogen) atoms. The van der Waals surface area contributed by atoms with Crippen molar-refractivity contribution in [1.29, 1.82) is 0 Å². The van der Waals surface area contributed by atoms with Gasteiger partial charge >= 0.3 is 0 Å². The number of benzene rings is 1. The smallest absolute Gasteiger partial charge is 0.291 e. The van der Waals surface area contributed by atoms with Crippen LogP contribution in [0.1, 0.15) is 11.5 Å². The summed E-state index contributed by atoms with van der Waals surface area (Å²) in [4.78, 5) is 10.1. The second-order valence-electron chi connectivity index (χ2n) is 2.81. The average molecular weight is 215 g/mol. The molecule has 5 heteroatoms. The van der Waals surface area contributed by atoms with Crippen molar-refractivity contribution < 1.29 is 10.0 Å². The molecule has 0 fully saturated rings. The van der Waals surface area contributed by atoms with E-state index < -0.39 is 10.8 Å². The minimum Gasteiger partial charge on any atom is -0.396 e. The normalized spacial score (nSPS) is 12.5. The summed E-state index contributed by atoms with van der Waals surface area (Å²) in [5.74, 6) is -0.533. The van der Waals surface area contributed by atoms with E-state index in [0.29, 0.717) is 5.56 Å². The van der Waals surface area contributed by atoms with Gasteiger partial charge in [-0.05, 0) is 13.0 Å². The first-order valence-electron chi connectivity index (χ1n) is 3.94. The molecule has 1 atom stereocenters. The van der Waals surface area contributed by atoms with Gasteiger partial charge in [-0.15, -0.1) is 0 Å². The molecule has 1 rings (SSSR count). The molecule has 0 heterocycles. The van der Waals surface area contributed by atoms with E-state index in [0.717, 1.165) is 0 Å². The van der Waals surface area contributed by atoms with Crippen LogP contribution in [0.5, 0.6) is 0 Å². The van der Waals surface area contributed by atoms with Crippen LogP contribution in [-0.4, -0.2) is 16.6 Å². The second kappa shape index (κ2) is 4.39. The van der Waals surface area contributed by atoms with Crippen molar-refractivity contribution in [3.8, 4) is 0 Å². The van der Waals surface area contributed by atoms with E-state index in [-0.39, 0.29) is 17.3 Å². The minimum atomic E-state index is -0.564. The zero-order chi connectivity index (χ0) is 10.7. The zero-order valence-electron chi connectivity index (χ0n) is 7.31. The molecule has 0 spiro atoms. The highest BCUT2D eigenvalue weighted by molar-refractivity contribution is 6.32. The highest BCUT2D eigenvalue weighted by Gasteiger charge is 2.21. The van der Waals surface area contributed by atoms with E-state index in [4.69, 9.17) is 16.7 Å². The van der Waals surface area contributed by atoms with Crippen molar-refractivity contribution in [3.05, 3.63) is 45.8 Å². The van der Waals surface area contributed by atoms with Gasteiger partial charge in [-0.1, -0.05) is 23.7 Å². The van der Waals surface area contributed by atoms with Crippen molar-refractivity contribution in [2.75, 3.05) is 6.61 Å². The van der Waals surface area contributed by atoms with Gasteiger partial charge in [0.2, 0.25) is 0 Å². The Morgan fingerprint density at radius 3 is 2.79 bits per heavy atom. The summed E-state index contributed by atoms with van der Waals surface area (Å²) in [5.41, 5.74) is 0.174. The van der Waals surface area contributed by atoms with E-state index in [1.54, 1.807) is 6.07 Å². The number of hydrogen-bond acceptors (Lipinski definition) is 3. The Morgan fingerprint density at radius 2 is 2.29 bits per heavy atom. The molecule has 1 unspecified atom stereocenters. The summed E-state index contributed by atoms with van der Waals surface area (Å²) < 4.78 is 0. The molecule has 0 aliphatic rings. The van der Waals surface area contributed by atoms with Gasteiger partial charge in [0, 0.05) is 11.5 Å². The third-order valence-electron chi connectivity index (χ3n) is 1.86. The Bertz CT molecular complexity index is 354. The van der Waals surface area contributed by atoms with Crippen LogP contribution in [0.3, 0.4) is 0 Å². The van der Waals surface area contributed by atoms with Gasteiger partial charge in [-0.3, -0.25) is 10.1 Å². The predicted octanol–water partition coefficient (Wildman–Crippen LogP) is 2.16. The first kappa shape index (κ1) is 10.9. The van der Waals surface area contributed by atoms with Crippen LogP contribution in [0, 0.1) is 17.0 Å². The molecule has 1 aromatic rings. The molecule has 0 aliphatic carbocycles. The van der Waals surface area contributed by atoms with Crippen molar-refractivity contribution in [2.45, 2.75) is 5.92 Å². The molecule has 0 saturated carbocycles. The van der Waals surface area contributed by atoms with Gasteiger partial charge in [0.05, 0.1) is 11.5 Å². The molecule has 1 radical (unpaired) electrons. The summed E-state index contributed by atoms with van der Waals surface area (Å²) in [5, 5.41) is 19.6. The molecule has 1 N–H and O–H groups in total. The number of rotatable bonds is 3. The zero-order valence-corrected chi connectivity index (χ0v) is 8.07. The molecule has 0 bridgehead atoms. The van der Waals surface area contributed by atoms with Crippen molar-refractivity contribution >= 4 is 17.3 Å². The number of aliphatic hydroxyl groups excluding tert-OH is 1. The number of nitro groups is 1. The maximum atomic E-state index is 10.7. The van der Waals surface area contributed by atoms with Crippen molar-refractivity contribution in [2.24, 2.45) is 0 Å². The highest BCUT2D eigenvalue weighted by atomic mass is 35.5. The Morgan fingerprint density at radius 1 is 1.64 bits per heavy atom. The fourth-order valence-electron chi connectivity index (χ4n) is 1.15. The third-order valence-corrected chi connectivity index (χ3v) is 2.17. The van der Waals surface area contributed by atoms with Crippen LogP contribution in [0.2, 0.25) is 5.02 Å². The standard InChI is InChI=1S/C9H9ClNO3/c1-6(5-12)7-3-2-4-8(10)9(7)11(13)14/h2-4,6,12H,1,5H2. The molecule has 4 nitrogen and oxygen atoms in total. The third kappa shape index (κ3) is 2.02. The molecule has 75 valence electrons. The lowest BCUT2D eigenvalue weighted by Crippen LogP contribution is -2.04. The van der Waals surface area contributed by atoms with Crippen molar-refractivity contribution in [1.82, 2.24) is 0 Å². The number of para-hydroxylation sites is 1. The van der Waals surface area contributed by atoms with Crippen LogP contribution < -0.4 is 0 Å². The van der Waals surface area contributed by atoms with E-state index in [2.05, 4.69) is 6.92 Å². The molecule has 0 aliphatic heterocycles. The van der Waals surface area contributed by atoms with E-state index in [1.165, 1.54) is 12.1 Å². The van der Waals surface area contributed by atoms with E-state index >= 15 is 0 Å². The monoisotopic (exact) mass is 214 g/mol. The van der Waals surface area contributed by atoms with Gasteiger partial charge in [0.1, 0.15) is 5.02 Å². The van der Waals surface area contributed by atoms with Gasteiger partial charge in [0.25, 0.3) is 5.69 Å². The van der Waals surface area contributed by atoms with Crippen LogP contribution in [0.4, 0.5) is 5.69 Å². The maximum Gasteiger partial charge on any atom is 0.291 e. The summed E-state index contributed by atoms with van der Waals surface area (Å²) in [6.07, 6.45) is 0. The first-order chi connectivity index (χ1) is 6.57. The number of nitrogens with zero attached hydrogens (tertiary/aromatic N) is 1. The van der Waals surface area contributed by atoms with E-state index in [1.807, 2.05) is 0 Å². The largest absolute Gasteiger partial charge is 0.396 e. The van der Waals surface area contributed by atoms with Crippen LogP contribution in [0.15, 0.2) is 18.2 Å². The fourth-order valence-corrected chi connectivity index (χ4v) is 1.40. The Labute approximate surface area is 86.3 Å². The summed E-state index contributed by atoms with van der Waals surface area (Å²) >= 11 is 5.67. The molecule has 0 aromatic heterocycles. The number of nitro benzene ring substituents is 1. The Hall–Kier alpha value is -1.13. The lowest BCUT2D eigenvalue weighted by Gasteiger charge is -2.08. The van der Waals surface area contributed by atoms with Gasteiger partial charge < -0.3 is 5.11 Å². The molecular weight excluding hydrogens is 206 g/mol. The highest BCUT2D eigenvalue weighted by Crippen LogP contribution is 2.32. The predicted molar refractivity (Wildman–Crippen MR) is 53.3 cm³/mol. The number of hydrogen-bond donors (Lipinski definition) is 1. The first-order valence-corrected chi connectivity index (χ1v) is 4.32. The Kier molecular flexibility index (Phi) is 3.43. The maximum absolute atomic E-state index is 10.7. The van der Waals surface area contributed by atoms with Gasteiger partial charge in [-0.2, -0.15) is 0 Å². The topological polar surface area (TPSA) is 63.4 Å². The van der Waals surface area contributed by atoms with E-state index in [9.17, 15) is 10.1 Å². The summed E-state index contributed by atoms with van der Waals surface area (Å²) in [6.45, 7) is 3.35. The van der Waals surface area contributed by atoms with Crippen LogP contribution >= 0.6 is 11.6 Å². The number of aliphatic hydroxyl groups is 1. The average Bonchev–Trinajstić information content (AvgIpc) is 2.15. The second-order valence-corrected chi connectivity index (χ2v) is 3.22. The number of halogens is 1. The molecule has 0 saturated heterocycles.